The first-order chi connectivity index (χ1) is 7.03. The zero-order chi connectivity index (χ0) is 11.3. The van der Waals surface area contributed by atoms with Gasteiger partial charge in [-0.3, -0.25) is 0 Å². The van der Waals surface area contributed by atoms with Crippen LogP contribution in [-0.4, -0.2) is 64.2 Å². The minimum absolute atomic E-state index is 0.122. The average Bonchev–Trinajstić information content (AvgIpc) is 2.14. The number of nitrogens with two attached hydrogens (primary N) is 1. The van der Waals surface area contributed by atoms with Gasteiger partial charge in [-0.15, -0.1) is 0 Å². The van der Waals surface area contributed by atoms with E-state index in [0.717, 1.165) is 6.54 Å². The van der Waals surface area contributed by atoms with Crippen LogP contribution in [0.1, 0.15) is 6.42 Å². The molecule has 1 rings (SSSR count). The second-order valence-corrected chi connectivity index (χ2v) is 6.24. The normalized spacial score (nSPS) is 24.3. The lowest BCUT2D eigenvalue weighted by Crippen LogP contribution is -2.43. The third-order valence-electron chi connectivity index (χ3n) is 2.44. The van der Waals surface area contributed by atoms with Crippen LogP contribution in [0.4, 0.5) is 0 Å². The first-order valence-corrected chi connectivity index (χ1v) is 7.06. The van der Waals surface area contributed by atoms with E-state index in [1.807, 2.05) is 7.05 Å². The molecule has 1 atom stereocenters. The zero-order valence-corrected chi connectivity index (χ0v) is 10.0. The molecule has 15 heavy (non-hydrogen) atoms. The number of morpholine rings is 1. The Labute approximate surface area is 91.5 Å². The van der Waals surface area contributed by atoms with E-state index in [1.54, 1.807) is 0 Å². The average molecular weight is 236 g/mol. The van der Waals surface area contributed by atoms with Crippen molar-refractivity contribution in [2.24, 2.45) is 5.73 Å². The minimum Gasteiger partial charge on any atom is -0.375 e. The minimum atomic E-state index is -3.00. The summed E-state index contributed by atoms with van der Waals surface area (Å²) in [7, 11) is -1.02. The Bertz CT molecular complexity index is 279. The van der Waals surface area contributed by atoms with Gasteiger partial charge in [0.15, 0.2) is 9.84 Å². The summed E-state index contributed by atoms with van der Waals surface area (Å²) in [6.45, 7) is 2.61. The fourth-order valence-corrected chi connectivity index (χ4v) is 3.18. The first kappa shape index (κ1) is 12.9. The summed E-state index contributed by atoms with van der Waals surface area (Å²) in [5.74, 6) is 0.296. The smallest absolute Gasteiger partial charge is 0.152 e. The Kier molecular flexibility index (Phi) is 4.98. The molecule has 1 aliphatic rings. The van der Waals surface area contributed by atoms with E-state index in [2.05, 4.69) is 4.90 Å². The summed E-state index contributed by atoms with van der Waals surface area (Å²) in [4.78, 5) is 2.09. The molecule has 6 heteroatoms. The number of ether oxygens (including phenoxy) is 1. The predicted molar refractivity (Wildman–Crippen MR) is 59.6 cm³/mol. The molecule has 1 heterocycles. The van der Waals surface area contributed by atoms with E-state index >= 15 is 0 Å². The summed E-state index contributed by atoms with van der Waals surface area (Å²) in [6.07, 6.45) is 0.358. The van der Waals surface area contributed by atoms with E-state index < -0.39 is 9.84 Å². The van der Waals surface area contributed by atoms with Crippen LogP contribution in [0.5, 0.6) is 0 Å². The largest absolute Gasteiger partial charge is 0.375 e. The number of sulfone groups is 1. The van der Waals surface area contributed by atoms with Crippen molar-refractivity contribution in [1.29, 1.82) is 0 Å². The van der Waals surface area contributed by atoms with Gasteiger partial charge in [0.05, 0.1) is 24.2 Å². The molecule has 0 bridgehead atoms. The van der Waals surface area contributed by atoms with Crippen LogP contribution >= 0.6 is 0 Å². The maximum absolute atomic E-state index is 11.6. The van der Waals surface area contributed by atoms with Crippen molar-refractivity contribution in [3.8, 4) is 0 Å². The molecule has 90 valence electrons. The van der Waals surface area contributed by atoms with Crippen LogP contribution in [0.15, 0.2) is 0 Å². The third kappa shape index (κ3) is 4.92. The Morgan fingerprint density at radius 1 is 1.53 bits per heavy atom. The fraction of sp³-hybridized carbons (Fsp3) is 1.00. The lowest BCUT2D eigenvalue weighted by atomic mass is 10.3. The van der Waals surface area contributed by atoms with E-state index in [9.17, 15) is 8.42 Å². The zero-order valence-electron chi connectivity index (χ0n) is 9.18. The van der Waals surface area contributed by atoms with Crippen LogP contribution in [0, 0.1) is 0 Å². The van der Waals surface area contributed by atoms with Gasteiger partial charge in [-0.1, -0.05) is 0 Å². The predicted octanol–water partition coefficient (Wildman–Crippen LogP) is -0.919. The molecule has 0 aromatic heterocycles. The molecule has 0 aliphatic carbocycles. The van der Waals surface area contributed by atoms with Gasteiger partial charge >= 0.3 is 0 Å². The molecule has 0 spiro atoms. The molecule has 5 nitrogen and oxygen atoms in total. The summed E-state index contributed by atoms with van der Waals surface area (Å²) < 4.78 is 28.6. The third-order valence-corrected chi connectivity index (χ3v) is 4.23. The summed E-state index contributed by atoms with van der Waals surface area (Å²) in [5.41, 5.74) is 5.29. The Morgan fingerprint density at radius 3 is 2.87 bits per heavy atom. The summed E-state index contributed by atoms with van der Waals surface area (Å²) in [5, 5.41) is 0. The van der Waals surface area contributed by atoms with Gasteiger partial charge in [0.2, 0.25) is 0 Å². The summed E-state index contributed by atoms with van der Waals surface area (Å²) >= 11 is 0. The molecule has 0 saturated carbocycles. The number of hydrogen-bond acceptors (Lipinski definition) is 5. The molecule has 0 amide bonds. The van der Waals surface area contributed by atoms with Gasteiger partial charge in [0, 0.05) is 13.1 Å². The quantitative estimate of drug-likeness (QED) is 0.668. The van der Waals surface area contributed by atoms with E-state index in [-0.39, 0.29) is 17.6 Å². The van der Waals surface area contributed by atoms with Crippen molar-refractivity contribution in [2.45, 2.75) is 12.5 Å². The van der Waals surface area contributed by atoms with Crippen molar-refractivity contribution in [3.63, 3.8) is 0 Å². The van der Waals surface area contributed by atoms with Crippen molar-refractivity contribution in [2.75, 3.05) is 44.8 Å². The SMILES string of the molecule is CN1CCOC(CS(=O)(=O)CCCN)C1. The van der Waals surface area contributed by atoms with Gasteiger partial charge in [-0.05, 0) is 20.0 Å². The lowest BCUT2D eigenvalue weighted by Gasteiger charge is -2.29. The molecule has 0 aromatic carbocycles. The molecule has 1 fully saturated rings. The Hall–Kier alpha value is -0.170. The monoisotopic (exact) mass is 236 g/mol. The summed E-state index contributed by atoms with van der Waals surface area (Å²) in [6, 6.07) is 0. The molecule has 0 radical (unpaired) electrons. The van der Waals surface area contributed by atoms with Crippen molar-refractivity contribution < 1.29 is 13.2 Å². The fourth-order valence-electron chi connectivity index (χ4n) is 1.64. The maximum atomic E-state index is 11.6. The molecule has 0 aromatic rings. The highest BCUT2D eigenvalue weighted by Crippen LogP contribution is 2.07. The molecule has 2 N–H and O–H groups in total. The molecule has 1 saturated heterocycles. The molecule has 1 unspecified atom stereocenters. The maximum Gasteiger partial charge on any atom is 0.152 e. The van der Waals surface area contributed by atoms with E-state index in [1.165, 1.54) is 0 Å². The van der Waals surface area contributed by atoms with Gasteiger partial charge in [0.25, 0.3) is 0 Å². The highest BCUT2D eigenvalue weighted by atomic mass is 32.2. The van der Waals surface area contributed by atoms with Crippen molar-refractivity contribution in [3.05, 3.63) is 0 Å². The second-order valence-electron chi connectivity index (χ2n) is 4.01. The topological polar surface area (TPSA) is 72.6 Å². The van der Waals surface area contributed by atoms with E-state index in [0.29, 0.717) is 26.1 Å². The van der Waals surface area contributed by atoms with Crippen LogP contribution < -0.4 is 5.73 Å². The van der Waals surface area contributed by atoms with Gasteiger partial charge in [-0.2, -0.15) is 0 Å². The van der Waals surface area contributed by atoms with Crippen LogP contribution in [0.25, 0.3) is 0 Å². The van der Waals surface area contributed by atoms with Gasteiger partial charge in [-0.25, -0.2) is 8.42 Å². The molecular weight excluding hydrogens is 216 g/mol. The number of nitrogens with zero attached hydrogens (tertiary/aromatic N) is 1. The standard InChI is InChI=1S/C9H20N2O3S/c1-11-4-5-14-9(7-11)8-15(12,13)6-2-3-10/h9H,2-8,10H2,1H3. The first-order valence-electron chi connectivity index (χ1n) is 5.24. The van der Waals surface area contributed by atoms with Crippen LogP contribution in [-0.2, 0) is 14.6 Å². The highest BCUT2D eigenvalue weighted by molar-refractivity contribution is 7.91. The second kappa shape index (κ2) is 5.79. The number of hydrogen-bond donors (Lipinski definition) is 1. The highest BCUT2D eigenvalue weighted by Gasteiger charge is 2.23. The van der Waals surface area contributed by atoms with Gasteiger partial charge < -0.3 is 15.4 Å². The molecular formula is C9H20N2O3S. The Balaban J connectivity index is 2.39. The number of likely N-dealkylation sites (N-methyl/N-ethyl adjacent to an activating group) is 1. The van der Waals surface area contributed by atoms with Crippen molar-refractivity contribution >= 4 is 9.84 Å². The molecule has 1 aliphatic heterocycles. The van der Waals surface area contributed by atoms with Crippen molar-refractivity contribution in [1.82, 2.24) is 4.90 Å². The van der Waals surface area contributed by atoms with E-state index in [4.69, 9.17) is 10.5 Å². The number of rotatable bonds is 5. The van der Waals surface area contributed by atoms with Gasteiger partial charge in [0.1, 0.15) is 0 Å². The lowest BCUT2D eigenvalue weighted by molar-refractivity contribution is -0.00680. The van der Waals surface area contributed by atoms with Crippen LogP contribution in [0.3, 0.4) is 0 Å². The Morgan fingerprint density at radius 2 is 2.27 bits per heavy atom. The van der Waals surface area contributed by atoms with Crippen LogP contribution in [0.2, 0.25) is 0 Å².